The van der Waals surface area contributed by atoms with E-state index in [4.69, 9.17) is 17.3 Å². The number of halogens is 2. The molecule has 0 aromatic heterocycles. The monoisotopic (exact) mass is 341 g/mol. The summed E-state index contributed by atoms with van der Waals surface area (Å²) in [5.41, 5.74) is 9.89. The van der Waals surface area contributed by atoms with Crippen LogP contribution in [-0.4, -0.2) is 19.3 Å². The molecule has 1 atom stereocenters. The lowest BCUT2D eigenvalue weighted by Gasteiger charge is -2.18. The first-order valence-electron chi connectivity index (χ1n) is 8.22. The standard InChI is InChI=1S/C18H29ClFN3/c1-4-13(3)18(21)23-17-10-6-8-14(17)12-22-11-7-9-16(20)15(19)5-2/h4-5,18,22-23H,2,6-12,21H2,1,3H3/b13-4+,16-15-. The molecule has 23 heavy (non-hydrogen) atoms. The first kappa shape index (κ1) is 19.9. The lowest BCUT2D eigenvalue weighted by molar-refractivity contribution is 0.556. The van der Waals surface area contributed by atoms with Gasteiger partial charge in [0.15, 0.2) is 0 Å². The van der Waals surface area contributed by atoms with Gasteiger partial charge in [-0.15, -0.1) is 0 Å². The molecule has 130 valence electrons. The van der Waals surface area contributed by atoms with Crippen LogP contribution < -0.4 is 16.4 Å². The summed E-state index contributed by atoms with van der Waals surface area (Å²) in [6, 6.07) is 0. The first-order chi connectivity index (χ1) is 11.0. The van der Waals surface area contributed by atoms with E-state index in [1.54, 1.807) is 0 Å². The highest BCUT2D eigenvalue weighted by Crippen LogP contribution is 2.24. The van der Waals surface area contributed by atoms with Crippen LogP contribution in [0.4, 0.5) is 4.39 Å². The summed E-state index contributed by atoms with van der Waals surface area (Å²) in [5.74, 6) is -0.293. The maximum Gasteiger partial charge on any atom is 0.118 e. The molecular formula is C18H29ClFN3. The molecule has 0 aromatic rings. The van der Waals surface area contributed by atoms with Crippen molar-refractivity contribution in [2.45, 2.75) is 52.1 Å². The zero-order chi connectivity index (χ0) is 17.2. The smallest absolute Gasteiger partial charge is 0.118 e. The van der Waals surface area contributed by atoms with E-state index in [0.717, 1.165) is 37.9 Å². The van der Waals surface area contributed by atoms with Crippen LogP contribution >= 0.6 is 11.6 Å². The molecule has 0 saturated carbocycles. The Bertz CT molecular complexity index is 494. The van der Waals surface area contributed by atoms with E-state index in [0.29, 0.717) is 12.8 Å². The number of nitrogens with one attached hydrogen (secondary N) is 2. The fourth-order valence-corrected chi connectivity index (χ4v) is 2.59. The van der Waals surface area contributed by atoms with Crippen molar-refractivity contribution in [3.8, 4) is 0 Å². The topological polar surface area (TPSA) is 50.1 Å². The Kier molecular flexibility index (Phi) is 9.22. The number of hydrogen-bond acceptors (Lipinski definition) is 3. The molecule has 0 heterocycles. The molecular weight excluding hydrogens is 313 g/mol. The molecule has 3 nitrogen and oxygen atoms in total. The van der Waals surface area contributed by atoms with Crippen molar-refractivity contribution in [3.63, 3.8) is 0 Å². The molecule has 5 heteroatoms. The first-order valence-corrected chi connectivity index (χ1v) is 8.60. The minimum absolute atomic E-state index is 0.114. The minimum Gasteiger partial charge on any atom is -0.370 e. The van der Waals surface area contributed by atoms with Crippen molar-refractivity contribution in [1.82, 2.24) is 10.6 Å². The van der Waals surface area contributed by atoms with Gasteiger partial charge < -0.3 is 16.4 Å². The molecule has 1 aliphatic rings. The third-order valence-corrected chi connectivity index (χ3v) is 4.49. The van der Waals surface area contributed by atoms with Crippen molar-refractivity contribution in [2.75, 3.05) is 13.1 Å². The summed E-state index contributed by atoms with van der Waals surface area (Å²) in [4.78, 5) is 0. The second-order valence-electron chi connectivity index (χ2n) is 5.83. The van der Waals surface area contributed by atoms with Crippen LogP contribution in [0.15, 0.2) is 46.4 Å². The molecule has 0 aliphatic heterocycles. The number of rotatable bonds is 10. The van der Waals surface area contributed by atoms with Crippen LogP contribution in [0.1, 0.15) is 46.0 Å². The number of allylic oxidation sites excluding steroid dienone is 5. The molecule has 0 bridgehead atoms. The fraction of sp³-hybridized carbons (Fsp3) is 0.556. The lowest BCUT2D eigenvalue weighted by atomic mass is 10.2. The molecule has 1 unspecified atom stereocenters. The van der Waals surface area contributed by atoms with Crippen LogP contribution in [0.5, 0.6) is 0 Å². The molecule has 0 radical (unpaired) electrons. The zero-order valence-corrected chi connectivity index (χ0v) is 15.0. The molecule has 0 spiro atoms. The SMILES string of the molecule is C=C/C(Cl)=C(/F)CCCNCC1=C(NC(N)/C(C)=C/C)CCC1. The van der Waals surface area contributed by atoms with Gasteiger partial charge in [0, 0.05) is 18.7 Å². The Labute approximate surface area is 144 Å². The van der Waals surface area contributed by atoms with Crippen molar-refractivity contribution in [2.24, 2.45) is 5.73 Å². The van der Waals surface area contributed by atoms with E-state index >= 15 is 0 Å². The summed E-state index contributed by atoms with van der Waals surface area (Å²) in [7, 11) is 0. The van der Waals surface area contributed by atoms with E-state index in [1.165, 1.54) is 17.3 Å². The summed E-state index contributed by atoms with van der Waals surface area (Å²) >= 11 is 5.67. The van der Waals surface area contributed by atoms with Crippen molar-refractivity contribution in [3.05, 3.63) is 46.4 Å². The highest BCUT2D eigenvalue weighted by molar-refractivity contribution is 6.31. The van der Waals surface area contributed by atoms with Gasteiger partial charge in [0.1, 0.15) is 5.83 Å². The zero-order valence-electron chi connectivity index (χ0n) is 14.2. The maximum absolute atomic E-state index is 13.4. The third kappa shape index (κ3) is 6.90. The number of nitrogens with two attached hydrogens (primary N) is 1. The minimum atomic E-state index is -0.293. The van der Waals surface area contributed by atoms with Gasteiger partial charge >= 0.3 is 0 Å². The summed E-state index contributed by atoms with van der Waals surface area (Å²) in [6.45, 7) is 9.06. The highest BCUT2D eigenvalue weighted by atomic mass is 35.5. The van der Waals surface area contributed by atoms with Crippen LogP contribution in [-0.2, 0) is 0 Å². The Morgan fingerprint density at radius 3 is 2.87 bits per heavy atom. The van der Waals surface area contributed by atoms with Gasteiger partial charge in [-0.25, -0.2) is 4.39 Å². The molecule has 0 saturated heterocycles. The van der Waals surface area contributed by atoms with E-state index in [2.05, 4.69) is 17.2 Å². The summed E-state index contributed by atoms with van der Waals surface area (Å²) in [5, 5.41) is 6.90. The van der Waals surface area contributed by atoms with Gasteiger partial charge in [0.25, 0.3) is 0 Å². The largest absolute Gasteiger partial charge is 0.370 e. The van der Waals surface area contributed by atoms with Crippen molar-refractivity contribution < 1.29 is 4.39 Å². The van der Waals surface area contributed by atoms with Gasteiger partial charge in [-0.3, -0.25) is 0 Å². The van der Waals surface area contributed by atoms with Crippen molar-refractivity contribution >= 4 is 11.6 Å². The average molecular weight is 342 g/mol. The second kappa shape index (κ2) is 10.6. The van der Waals surface area contributed by atoms with E-state index in [9.17, 15) is 4.39 Å². The van der Waals surface area contributed by atoms with Gasteiger partial charge in [-0.2, -0.15) is 0 Å². The molecule has 1 aliphatic carbocycles. The van der Waals surface area contributed by atoms with E-state index < -0.39 is 0 Å². The average Bonchev–Trinajstić information content (AvgIpc) is 2.99. The molecule has 0 aromatic carbocycles. The van der Waals surface area contributed by atoms with Gasteiger partial charge in [-0.05, 0) is 63.3 Å². The summed E-state index contributed by atoms with van der Waals surface area (Å²) < 4.78 is 13.4. The quantitative estimate of drug-likeness (QED) is 0.241. The Morgan fingerprint density at radius 2 is 2.22 bits per heavy atom. The van der Waals surface area contributed by atoms with Gasteiger partial charge in [0.05, 0.1) is 11.2 Å². The predicted octanol–water partition coefficient (Wildman–Crippen LogP) is 4.24. The maximum atomic E-state index is 13.4. The van der Waals surface area contributed by atoms with Crippen molar-refractivity contribution in [1.29, 1.82) is 0 Å². The van der Waals surface area contributed by atoms with E-state index in [1.807, 2.05) is 19.9 Å². The van der Waals surface area contributed by atoms with Crippen LogP contribution in [0.2, 0.25) is 0 Å². The van der Waals surface area contributed by atoms with Crippen LogP contribution in [0.25, 0.3) is 0 Å². The van der Waals surface area contributed by atoms with Crippen LogP contribution in [0.3, 0.4) is 0 Å². The summed E-state index contributed by atoms with van der Waals surface area (Å²) in [6.07, 6.45) is 7.59. The Balaban J connectivity index is 2.38. The van der Waals surface area contributed by atoms with Gasteiger partial charge in [-0.1, -0.05) is 24.3 Å². The van der Waals surface area contributed by atoms with Gasteiger partial charge in [0.2, 0.25) is 0 Å². The molecule has 0 fully saturated rings. The molecule has 1 rings (SSSR count). The fourth-order valence-electron chi connectivity index (χ4n) is 2.49. The van der Waals surface area contributed by atoms with E-state index in [-0.39, 0.29) is 17.0 Å². The molecule has 0 amide bonds. The number of hydrogen-bond donors (Lipinski definition) is 3. The Hall–Kier alpha value is -1.10. The molecule has 4 N–H and O–H groups in total. The lowest BCUT2D eigenvalue weighted by Crippen LogP contribution is -2.38. The Morgan fingerprint density at radius 1 is 1.48 bits per heavy atom. The highest BCUT2D eigenvalue weighted by Gasteiger charge is 2.16. The second-order valence-corrected chi connectivity index (χ2v) is 6.23. The van der Waals surface area contributed by atoms with Crippen LogP contribution in [0, 0.1) is 0 Å². The third-order valence-electron chi connectivity index (χ3n) is 4.13. The predicted molar refractivity (Wildman–Crippen MR) is 97.7 cm³/mol. The normalized spacial score (nSPS) is 18.0.